The summed E-state index contributed by atoms with van der Waals surface area (Å²) in [6.07, 6.45) is 10.9. The molecule has 0 radical (unpaired) electrons. The summed E-state index contributed by atoms with van der Waals surface area (Å²) in [7, 11) is 0. The first-order valence-corrected chi connectivity index (χ1v) is 10.7. The van der Waals surface area contributed by atoms with Gasteiger partial charge in [-0.05, 0) is 81.4 Å². The molecule has 1 saturated heterocycles. The fourth-order valence-electron chi connectivity index (χ4n) is 5.17. The van der Waals surface area contributed by atoms with Gasteiger partial charge in [-0.3, -0.25) is 4.98 Å². The van der Waals surface area contributed by atoms with Crippen molar-refractivity contribution in [3.63, 3.8) is 0 Å². The summed E-state index contributed by atoms with van der Waals surface area (Å²) in [5.74, 6) is -0.157. The second-order valence-electron chi connectivity index (χ2n) is 8.54. The van der Waals surface area contributed by atoms with E-state index in [0.29, 0.717) is 0 Å². The van der Waals surface area contributed by atoms with Crippen molar-refractivity contribution >= 4 is 0 Å². The molecule has 2 aromatic rings. The quantitative estimate of drug-likeness (QED) is 0.698. The molecular weight excluding hydrogens is 351 g/mol. The fraction of sp³-hybridized carbons (Fsp3) is 0.542. The number of nitrogens with one attached hydrogen (secondary N) is 1. The van der Waals surface area contributed by atoms with Crippen molar-refractivity contribution in [1.29, 1.82) is 0 Å². The van der Waals surface area contributed by atoms with Crippen molar-refractivity contribution in [1.82, 2.24) is 10.3 Å². The molecule has 0 amide bonds. The van der Waals surface area contributed by atoms with E-state index in [4.69, 9.17) is 9.72 Å². The van der Waals surface area contributed by atoms with Crippen molar-refractivity contribution in [3.8, 4) is 0 Å². The van der Waals surface area contributed by atoms with Gasteiger partial charge in [-0.2, -0.15) is 0 Å². The van der Waals surface area contributed by atoms with Gasteiger partial charge in [0.25, 0.3) is 0 Å². The number of aromatic nitrogens is 1. The summed E-state index contributed by atoms with van der Waals surface area (Å²) in [5.41, 5.74) is 2.42. The molecule has 1 aromatic heterocycles. The van der Waals surface area contributed by atoms with Gasteiger partial charge in [0, 0.05) is 23.9 Å². The molecule has 2 aliphatic rings. The Hall–Kier alpha value is -1.78. The van der Waals surface area contributed by atoms with E-state index in [1.54, 1.807) is 12.1 Å². The van der Waals surface area contributed by atoms with Gasteiger partial charge in [-0.1, -0.05) is 31.0 Å². The largest absolute Gasteiger partial charge is 0.375 e. The highest BCUT2D eigenvalue weighted by atomic mass is 19.1. The van der Waals surface area contributed by atoms with Gasteiger partial charge in [0.15, 0.2) is 0 Å². The zero-order valence-electron chi connectivity index (χ0n) is 16.6. The molecule has 28 heavy (non-hydrogen) atoms. The van der Waals surface area contributed by atoms with Crippen LogP contribution in [0.1, 0.15) is 56.2 Å². The molecule has 0 unspecified atom stereocenters. The Kier molecular flexibility index (Phi) is 6.07. The van der Waals surface area contributed by atoms with E-state index in [1.807, 2.05) is 18.3 Å². The highest BCUT2D eigenvalue weighted by Crippen LogP contribution is 2.49. The van der Waals surface area contributed by atoms with E-state index in [0.717, 1.165) is 50.9 Å². The molecule has 3 nitrogen and oxygen atoms in total. The summed E-state index contributed by atoms with van der Waals surface area (Å²) >= 11 is 0. The Morgan fingerprint density at radius 1 is 1.04 bits per heavy atom. The third-order valence-corrected chi connectivity index (χ3v) is 6.63. The van der Waals surface area contributed by atoms with Crippen molar-refractivity contribution in [2.45, 2.75) is 62.4 Å². The highest BCUT2D eigenvalue weighted by Gasteiger charge is 2.48. The average Bonchev–Trinajstić information content (AvgIpc) is 3.16. The number of rotatable bonds is 7. The van der Waals surface area contributed by atoms with Gasteiger partial charge in [-0.25, -0.2) is 4.39 Å². The van der Waals surface area contributed by atoms with E-state index in [2.05, 4.69) is 17.4 Å². The maximum Gasteiger partial charge on any atom is 0.123 e. The van der Waals surface area contributed by atoms with Crippen LogP contribution in [0.15, 0.2) is 48.7 Å². The Balaban J connectivity index is 1.39. The third-order valence-electron chi connectivity index (χ3n) is 6.63. The molecule has 1 saturated carbocycles. The van der Waals surface area contributed by atoms with Crippen LogP contribution in [-0.2, 0) is 16.6 Å². The second kappa shape index (κ2) is 8.71. The van der Waals surface area contributed by atoms with Crippen LogP contribution in [0.2, 0.25) is 0 Å². The monoisotopic (exact) mass is 382 g/mol. The SMILES string of the molecule is Fc1cccc(CCNCC[C@@]2(c3ccccn3)CCOC3(CCCC3)C2)c1. The fourth-order valence-corrected chi connectivity index (χ4v) is 5.17. The summed E-state index contributed by atoms with van der Waals surface area (Å²) in [4.78, 5) is 4.76. The Morgan fingerprint density at radius 3 is 2.71 bits per heavy atom. The molecule has 0 bridgehead atoms. The maximum absolute atomic E-state index is 13.3. The van der Waals surface area contributed by atoms with Gasteiger partial charge in [0.1, 0.15) is 5.82 Å². The van der Waals surface area contributed by atoms with Crippen molar-refractivity contribution in [2.75, 3.05) is 19.7 Å². The van der Waals surface area contributed by atoms with Crippen LogP contribution >= 0.6 is 0 Å². The van der Waals surface area contributed by atoms with Crippen molar-refractivity contribution in [2.24, 2.45) is 0 Å². The van der Waals surface area contributed by atoms with Crippen molar-refractivity contribution in [3.05, 3.63) is 65.7 Å². The molecule has 4 heteroatoms. The summed E-state index contributed by atoms with van der Waals surface area (Å²) < 4.78 is 19.6. The van der Waals surface area contributed by atoms with Crippen LogP contribution in [0, 0.1) is 5.82 Å². The van der Waals surface area contributed by atoms with Crippen LogP contribution < -0.4 is 5.32 Å². The van der Waals surface area contributed by atoms with Gasteiger partial charge < -0.3 is 10.1 Å². The number of benzene rings is 1. The van der Waals surface area contributed by atoms with E-state index in [1.165, 1.54) is 37.4 Å². The molecule has 150 valence electrons. The van der Waals surface area contributed by atoms with E-state index in [9.17, 15) is 4.39 Å². The number of nitrogens with zero attached hydrogens (tertiary/aromatic N) is 1. The first-order valence-electron chi connectivity index (χ1n) is 10.7. The number of halogens is 1. The van der Waals surface area contributed by atoms with E-state index >= 15 is 0 Å². The number of pyridine rings is 1. The van der Waals surface area contributed by atoms with Crippen LogP contribution in [0.25, 0.3) is 0 Å². The predicted molar refractivity (Wildman–Crippen MR) is 110 cm³/mol. The van der Waals surface area contributed by atoms with E-state index < -0.39 is 0 Å². The highest BCUT2D eigenvalue weighted by molar-refractivity contribution is 5.21. The zero-order valence-corrected chi connectivity index (χ0v) is 16.6. The lowest BCUT2D eigenvalue weighted by Gasteiger charge is -2.46. The summed E-state index contributed by atoms with van der Waals surface area (Å²) in [6, 6.07) is 13.2. The minimum Gasteiger partial charge on any atom is -0.375 e. The lowest BCUT2D eigenvalue weighted by Crippen LogP contribution is -2.47. The molecular formula is C24H31FN2O. The molecule has 2 fully saturated rings. The molecule has 4 rings (SSSR count). The first kappa shape index (κ1) is 19.5. The van der Waals surface area contributed by atoms with Crippen LogP contribution in [0.5, 0.6) is 0 Å². The van der Waals surface area contributed by atoms with Crippen molar-refractivity contribution < 1.29 is 9.13 Å². The summed E-state index contributed by atoms with van der Waals surface area (Å²) in [6.45, 7) is 2.64. The predicted octanol–water partition coefficient (Wildman–Crippen LogP) is 4.80. The number of ether oxygens (including phenoxy) is 1. The second-order valence-corrected chi connectivity index (χ2v) is 8.54. The molecule has 1 atom stereocenters. The lowest BCUT2D eigenvalue weighted by atomic mass is 9.68. The maximum atomic E-state index is 13.3. The Morgan fingerprint density at radius 2 is 1.93 bits per heavy atom. The molecule has 1 aliphatic carbocycles. The smallest absolute Gasteiger partial charge is 0.123 e. The third kappa shape index (κ3) is 4.44. The minimum atomic E-state index is -0.157. The minimum absolute atomic E-state index is 0.0668. The average molecular weight is 383 g/mol. The van der Waals surface area contributed by atoms with Gasteiger partial charge in [-0.15, -0.1) is 0 Å². The Bertz CT molecular complexity index is 760. The van der Waals surface area contributed by atoms with Crippen LogP contribution in [0.4, 0.5) is 4.39 Å². The summed E-state index contributed by atoms with van der Waals surface area (Å²) in [5, 5.41) is 3.58. The first-order chi connectivity index (χ1) is 13.7. The standard InChI is InChI=1S/C24H31FN2O/c25-21-7-5-6-20(18-21)9-15-26-16-12-23(22-8-1-4-14-27-22)13-17-28-24(19-23)10-2-3-11-24/h1,4-8,14,18,26H,2-3,9-13,15-17,19H2/t23-/m1/s1. The Labute approximate surface area is 167 Å². The van der Waals surface area contributed by atoms with E-state index in [-0.39, 0.29) is 16.8 Å². The molecule has 2 heterocycles. The molecule has 1 aliphatic heterocycles. The van der Waals surface area contributed by atoms with Gasteiger partial charge in [0.05, 0.1) is 5.60 Å². The zero-order chi connectivity index (χ0) is 19.3. The number of hydrogen-bond acceptors (Lipinski definition) is 3. The van der Waals surface area contributed by atoms with Crippen LogP contribution in [0.3, 0.4) is 0 Å². The van der Waals surface area contributed by atoms with Gasteiger partial charge in [0.2, 0.25) is 0 Å². The number of hydrogen-bond donors (Lipinski definition) is 1. The topological polar surface area (TPSA) is 34.2 Å². The molecule has 1 spiro atoms. The van der Waals surface area contributed by atoms with Gasteiger partial charge >= 0.3 is 0 Å². The molecule has 1 aromatic carbocycles. The normalized spacial score (nSPS) is 23.9. The lowest BCUT2D eigenvalue weighted by molar-refractivity contribution is -0.104. The molecule has 1 N–H and O–H groups in total. The van der Waals surface area contributed by atoms with Crippen LogP contribution in [-0.4, -0.2) is 30.3 Å².